The van der Waals surface area contributed by atoms with E-state index < -0.39 is 10.0 Å². The van der Waals surface area contributed by atoms with Gasteiger partial charge in [-0.2, -0.15) is 4.31 Å². The predicted molar refractivity (Wildman–Crippen MR) is 125 cm³/mol. The molecule has 1 N–H and O–H groups in total. The molecule has 2 aromatic carbocycles. The summed E-state index contributed by atoms with van der Waals surface area (Å²) in [5.74, 6) is -0.325. The van der Waals surface area contributed by atoms with Gasteiger partial charge in [0.2, 0.25) is 15.9 Å². The second-order valence-electron chi connectivity index (χ2n) is 7.99. The van der Waals surface area contributed by atoms with Gasteiger partial charge in [0.25, 0.3) is 0 Å². The molecule has 1 saturated heterocycles. The number of nitrogens with zero attached hydrogens (tertiary/aromatic N) is 2. The van der Waals surface area contributed by atoms with E-state index in [-0.39, 0.29) is 34.8 Å². The lowest BCUT2D eigenvalue weighted by Crippen LogP contribution is -2.41. The van der Waals surface area contributed by atoms with E-state index in [4.69, 9.17) is 23.2 Å². The van der Waals surface area contributed by atoms with Crippen molar-refractivity contribution in [3.63, 3.8) is 0 Å². The minimum absolute atomic E-state index is 0.000996. The van der Waals surface area contributed by atoms with Gasteiger partial charge in [0.1, 0.15) is 4.90 Å². The van der Waals surface area contributed by atoms with E-state index in [9.17, 15) is 13.2 Å². The quantitative estimate of drug-likeness (QED) is 0.642. The third-order valence-electron chi connectivity index (χ3n) is 5.40. The summed E-state index contributed by atoms with van der Waals surface area (Å²) in [6.07, 6.45) is 1.85. The van der Waals surface area contributed by atoms with Crippen molar-refractivity contribution in [1.82, 2.24) is 9.21 Å². The molecule has 1 aliphatic heterocycles. The standard InChI is InChI=1S/C22H27Cl2N3O3S/c1-26(2)12-9-16-3-6-19(7-4-16)25-22(28)17-10-13-27(14-11-17)31(29,30)21-15-18(23)5-8-20(21)24/h3-8,15,17H,9-14H2,1-2H3,(H,25,28). The molecule has 9 heteroatoms. The number of amides is 1. The van der Waals surface area contributed by atoms with Crippen LogP contribution >= 0.6 is 23.2 Å². The maximum atomic E-state index is 12.9. The molecule has 2 aromatic rings. The Hall–Kier alpha value is -1.64. The van der Waals surface area contributed by atoms with Crippen LogP contribution in [0.15, 0.2) is 47.4 Å². The van der Waals surface area contributed by atoms with E-state index in [1.807, 2.05) is 38.4 Å². The molecule has 168 valence electrons. The Bertz CT molecular complexity index is 1020. The number of likely N-dealkylation sites (N-methyl/N-ethyl adjacent to an activating group) is 1. The molecule has 1 heterocycles. The van der Waals surface area contributed by atoms with E-state index >= 15 is 0 Å². The van der Waals surface area contributed by atoms with Crippen molar-refractivity contribution in [3.05, 3.63) is 58.1 Å². The van der Waals surface area contributed by atoms with Gasteiger partial charge in [-0.05, 0) is 69.3 Å². The SMILES string of the molecule is CN(C)CCc1ccc(NC(=O)C2CCN(S(=O)(=O)c3cc(Cl)ccc3Cl)CC2)cc1. The van der Waals surface area contributed by atoms with E-state index in [0.29, 0.717) is 17.9 Å². The summed E-state index contributed by atoms with van der Waals surface area (Å²) in [6, 6.07) is 12.2. The van der Waals surface area contributed by atoms with Crippen LogP contribution in [0.3, 0.4) is 0 Å². The normalized spacial score (nSPS) is 15.9. The van der Waals surface area contributed by atoms with Gasteiger partial charge in [0.15, 0.2) is 0 Å². The second-order valence-corrected chi connectivity index (χ2v) is 10.7. The number of nitrogens with one attached hydrogen (secondary N) is 1. The van der Waals surface area contributed by atoms with Crippen LogP contribution in [-0.4, -0.2) is 57.3 Å². The lowest BCUT2D eigenvalue weighted by molar-refractivity contribution is -0.120. The first-order chi connectivity index (χ1) is 14.7. The largest absolute Gasteiger partial charge is 0.326 e. The third kappa shape index (κ3) is 6.20. The Labute approximate surface area is 194 Å². The first-order valence-corrected chi connectivity index (χ1v) is 12.4. The van der Waals surface area contributed by atoms with Crippen LogP contribution in [0.2, 0.25) is 10.0 Å². The molecule has 0 atom stereocenters. The highest BCUT2D eigenvalue weighted by Crippen LogP contribution is 2.30. The summed E-state index contributed by atoms with van der Waals surface area (Å²) in [5, 5.41) is 3.40. The zero-order chi connectivity index (χ0) is 22.6. The number of rotatable bonds is 7. The van der Waals surface area contributed by atoms with Crippen molar-refractivity contribution in [3.8, 4) is 0 Å². The topological polar surface area (TPSA) is 69.7 Å². The molecule has 31 heavy (non-hydrogen) atoms. The molecule has 0 spiro atoms. The van der Waals surface area contributed by atoms with Crippen LogP contribution in [0.25, 0.3) is 0 Å². The highest BCUT2D eigenvalue weighted by atomic mass is 35.5. The lowest BCUT2D eigenvalue weighted by Gasteiger charge is -2.30. The molecular formula is C22H27Cl2N3O3S. The molecule has 0 unspecified atom stereocenters. The molecule has 0 bridgehead atoms. The number of benzene rings is 2. The Morgan fingerprint density at radius 1 is 1.10 bits per heavy atom. The molecule has 0 aromatic heterocycles. The van der Waals surface area contributed by atoms with Crippen molar-refractivity contribution in [2.24, 2.45) is 5.92 Å². The third-order valence-corrected chi connectivity index (χ3v) is 8.02. The molecule has 0 saturated carbocycles. The summed E-state index contributed by atoms with van der Waals surface area (Å²) in [5.41, 5.74) is 1.96. The number of hydrogen-bond acceptors (Lipinski definition) is 4. The van der Waals surface area contributed by atoms with Gasteiger partial charge in [-0.15, -0.1) is 0 Å². The number of carbonyl (C=O) groups is 1. The molecule has 3 rings (SSSR count). The van der Waals surface area contributed by atoms with Gasteiger partial charge in [-0.3, -0.25) is 4.79 Å². The van der Waals surface area contributed by atoms with Crippen LogP contribution in [0.1, 0.15) is 18.4 Å². The first kappa shape index (κ1) is 24.0. The van der Waals surface area contributed by atoms with Crippen LogP contribution in [-0.2, 0) is 21.2 Å². The summed E-state index contributed by atoms with van der Waals surface area (Å²) in [4.78, 5) is 14.8. The van der Waals surface area contributed by atoms with Gasteiger partial charge in [-0.25, -0.2) is 8.42 Å². The number of halogens is 2. The van der Waals surface area contributed by atoms with Crippen LogP contribution in [0.4, 0.5) is 5.69 Å². The molecule has 1 aliphatic rings. The van der Waals surface area contributed by atoms with Gasteiger partial charge >= 0.3 is 0 Å². The van der Waals surface area contributed by atoms with Gasteiger partial charge in [0.05, 0.1) is 5.02 Å². The van der Waals surface area contributed by atoms with Crippen molar-refractivity contribution >= 4 is 44.8 Å². The van der Waals surface area contributed by atoms with Gasteiger partial charge < -0.3 is 10.2 Å². The number of piperidine rings is 1. The monoisotopic (exact) mass is 483 g/mol. The minimum atomic E-state index is -3.76. The van der Waals surface area contributed by atoms with Gasteiger partial charge in [0, 0.05) is 36.3 Å². The Morgan fingerprint density at radius 3 is 2.35 bits per heavy atom. The van der Waals surface area contributed by atoms with Crippen molar-refractivity contribution in [2.75, 3.05) is 39.0 Å². The maximum Gasteiger partial charge on any atom is 0.244 e. The predicted octanol–water partition coefficient (Wildman–Crippen LogP) is 4.14. The van der Waals surface area contributed by atoms with Crippen LogP contribution in [0.5, 0.6) is 0 Å². The van der Waals surface area contributed by atoms with E-state index in [1.54, 1.807) is 6.07 Å². The summed E-state index contributed by atoms with van der Waals surface area (Å²) in [6.45, 7) is 1.48. The second kappa shape index (κ2) is 10.3. The summed E-state index contributed by atoms with van der Waals surface area (Å²) < 4.78 is 27.2. The zero-order valence-electron chi connectivity index (χ0n) is 17.6. The number of hydrogen-bond donors (Lipinski definition) is 1. The van der Waals surface area contributed by atoms with E-state index in [2.05, 4.69) is 10.2 Å². The minimum Gasteiger partial charge on any atom is -0.326 e. The fourth-order valence-electron chi connectivity index (χ4n) is 3.52. The Balaban J connectivity index is 1.56. The molecule has 1 amide bonds. The van der Waals surface area contributed by atoms with Crippen molar-refractivity contribution in [2.45, 2.75) is 24.2 Å². The Kier molecular flexibility index (Phi) is 7.99. The van der Waals surface area contributed by atoms with E-state index in [0.717, 1.165) is 18.7 Å². The first-order valence-electron chi connectivity index (χ1n) is 10.2. The van der Waals surface area contributed by atoms with Crippen LogP contribution in [0, 0.1) is 5.92 Å². The van der Waals surface area contributed by atoms with E-state index in [1.165, 1.54) is 22.0 Å². The van der Waals surface area contributed by atoms with Crippen molar-refractivity contribution < 1.29 is 13.2 Å². The van der Waals surface area contributed by atoms with Crippen LogP contribution < -0.4 is 5.32 Å². The highest BCUT2D eigenvalue weighted by Gasteiger charge is 2.33. The molecule has 0 aliphatic carbocycles. The summed E-state index contributed by atoms with van der Waals surface area (Å²) in [7, 11) is 0.315. The Morgan fingerprint density at radius 2 is 1.74 bits per heavy atom. The maximum absolute atomic E-state index is 12.9. The number of sulfonamides is 1. The fourth-order valence-corrected chi connectivity index (χ4v) is 5.73. The molecule has 0 radical (unpaired) electrons. The lowest BCUT2D eigenvalue weighted by atomic mass is 9.97. The van der Waals surface area contributed by atoms with Crippen molar-refractivity contribution in [1.29, 1.82) is 0 Å². The summed E-state index contributed by atoms with van der Waals surface area (Å²) >= 11 is 12.0. The number of anilines is 1. The average Bonchev–Trinajstić information content (AvgIpc) is 2.75. The molecule has 6 nitrogen and oxygen atoms in total. The molecular weight excluding hydrogens is 457 g/mol. The van der Waals surface area contributed by atoms with Gasteiger partial charge in [-0.1, -0.05) is 35.3 Å². The molecule has 1 fully saturated rings. The highest BCUT2D eigenvalue weighted by molar-refractivity contribution is 7.89. The smallest absolute Gasteiger partial charge is 0.244 e. The zero-order valence-corrected chi connectivity index (χ0v) is 20.0. The number of carbonyl (C=O) groups excluding carboxylic acids is 1. The fraction of sp³-hybridized carbons (Fsp3) is 0.409. The average molecular weight is 484 g/mol.